The molecular weight excluding hydrogens is 676 g/mol. The molecule has 0 N–H and O–H groups in total. The van der Waals surface area contributed by atoms with Gasteiger partial charge in [0.25, 0.3) is 0 Å². The largest absolute Gasteiger partial charge is 2.00 e. The van der Waals surface area contributed by atoms with Crippen LogP contribution in [0.2, 0.25) is 0 Å². The maximum atomic E-state index is 6.63. The van der Waals surface area contributed by atoms with Crippen molar-refractivity contribution in [1.82, 2.24) is 39.2 Å². The van der Waals surface area contributed by atoms with E-state index in [0.717, 1.165) is 111 Å². The Bertz CT molecular complexity index is 647. The summed E-state index contributed by atoms with van der Waals surface area (Å²) in [5.74, 6) is 0. The third-order valence-corrected chi connectivity index (χ3v) is 10.5. The van der Waals surface area contributed by atoms with E-state index in [1.807, 2.05) is 0 Å². The van der Waals surface area contributed by atoms with E-state index in [1.165, 1.54) is 13.0 Å². The van der Waals surface area contributed by atoms with Gasteiger partial charge in [-0.2, -0.15) is 0 Å². The third kappa shape index (κ3) is 13.5. The van der Waals surface area contributed by atoms with E-state index >= 15 is 0 Å². The zero-order valence-corrected chi connectivity index (χ0v) is 30.3. The smallest absolute Gasteiger partial charge is 0.305 e. The Morgan fingerprint density at radius 3 is 1.38 bits per heavy atom. The molecule has 4 aliphatic rings. The summed E-state index contributed by atoms with van der Waals surface area (Å²) in [6.07, 6.45) is 2.05. The maximum absolute atomic E-state index is 6.63. The molecule has 4 heterocycles. The van der Waals surface area contributed by atoms with E-state index in [0.29, 0.717) is 0 Å². The van der Waals surface area contributed by atoms with Gasteiger partial charge in [0.1, 0.15) is 11.0 Å². The Hall–Kier alpha value is 1.88. The number of hydrogen-bond donors (Lipinski definition) is 0. The van der Waals surface area contributed by atoms with E-state index in [4.69, 9.17) is 46.4 Å². The monoisotopic (exact) mass is 726 g/mol. The van der Waals surface area contributed by atoms with Crippen molar-refractivity contribution in [3.63, 3.8) is 0 Å². The fraction of sp³-hybridized carbons (Fsp3) is 1.00. The summed E-state index contributed by atoms with van der Waals surface area (Å²) >= 11 is 26.4. The third-order valence-electron chi connectivity index (χ3n) is 8.51. The predicted octanol–water partition coefficient (Wildman–Crippen LogP) is 2.00. The van der Waals surface area contributed by atoms with Crippen LogP contribution in [-0.2, 0) is 34.1 Å². The van der Waals surface area contributed by atoms with Gasteiger partial charge in [-0.05, 0) is 47.7 Å². The van der Waals surface area contributed by atoms with E-state index < -0.39 is 4.46 Å². The van der Waals surface area contributed by atoms with Gasteiger partial charge in [-0.15, -0.1) is 23.2 Å². The molecule has 4 fully saturated rings. The average molecular weight is 728 g/mol. The van der Waals surface area contributed by atoms with Gasteiger partial charge in [0.15, 0.2) is 4.46 Å². The fourth-order valence-electron chi connectivity index (χ4n) is 5.40. The SMILES string of the molecule is CN1CCCN2CCN(C)CCC(Cl)(Cl)N(CC1)CC2.CN1CCN2CCN(C)CCN(CC1)C(Cl)C2Cl.[Mn+2].[Mn+2]. The fourth-order valence-corrected chi connectivity index (χ4v) is 6.61. The van der Waals surface area contributed by atoms with Gasteiger partial charge in [-0.3, -0.25) is 14.7 Å². The number of rotatable bonds is 0. The molecular formula is C26H52Cl4Mn2N8+4. The van der Waals surface area contributed by atoms with Crippen LogP contribution in [0.4, 0.5) is 0 Å². The zero-order chi connectivity index (χ0) is 27.7. The summed E-state index contributed by atoms with van der Waals surface area (Å²) in [7, 11) is 8.69. The molecule has 0 aromatic rings. The van der Waals surface area contributed by atoms with Crippen molar-refractivity contribution in [2.75, 3.05) is 139 Å². The molecule has 8 nitrogen and oxygen atoms in total. The minimum atomic E-state index is -0.739. The summed E-state index contributed by atoms with van der Waals surface area (Å²) < 4.78 is -0.739. The maximum Gasteiger partial charge on any atom is 2.00 e. The van der Waals surface area contributed by atoms with Crippen LogP contribution in [0.15, 0.2) is 0 Å². The molecule has 4 rings (SSSR count). The normalized spacial score (nSPS) is 36.0. The Labute approximate surface area is 285 Å². The second kappa shape index (κ2) is 20.1. The first-order chi connectivity index (χ1) is 18.0. The van der Waals surface area contributed by atoms with Crippen LogP contribution in [-0.4, -0.2) is 194 Å². The van der Waals surface area contributed by atoms with Crippen molar-refractivity contribution >= 4 is 46.4 Å². The topological polar surface area (TPSA) is 25.9 Å². The molecule has 4 unspecified atom stereocenters. The molecule has 2 radical (unpaired) electrons. The van der Waals surface area contributed by atoms with Crippen LogP contribution < -0.4 is 0 Å². The molecule has 4 atom stereocenters. The number of fused-ring (bicyclic) bond motifs is 6. The molecule has 0 saturated carbocycles. The van der Waals surface area contributed by atoms with E-state index in [9.17, 15) is 0 Å². The molecule has 0 spiro atoms. The summed E-state index contributed by atoms with van der Waals surface area (Å²) in [6.45, 7) is 17.8. The average Bonchev–Trinajstić information content (AvgIpc) is 2.96. The minimum Gasteiger partial charge on any atom is -0.305 e. The first-order valence-corrected chi connectivity index (χ1v) is 16.0. The quantitative estimate of drug-likeness (QED) is 0.213. The zero-order valence-electron chi connectivity index (χ0n) is 24.9. The first kappa shape index (κ1) is 39.9. The minimum absolute atomic E-state index is 0. The number of hydrogen-bond acceptors (Lipinski definition) is 8. The summed E-state index contributed by atoms with van der Waals surface area (Å²) in [5.41, 5.74) is -0.186. The van der Waals surface area contributed by atoms with Crippen molar-refractivity contribution in [1.29, 1.82) is 0 Å². The van der Waals surface area contributed by atoms with Gasteiger partial charge in [-0.1, -0.05) is 23.2 Å². The number of alkyl halides is 4. The summed E-state index contributed by atoms with van der Waals surface area (Å²) in [5, 5.41) is 0. The molecule has 0 amide bonds. The Morgan fingerprint density at radius 2 is 0.850 bits per heavy atom. The van der Waals surface area contributed by atoms with E-state index in [2.05, 4.69) is 67.4 Å². The van der Waals surface area contributed by atoms with Crippen LogP contribution in [0.5, 0.6) is 0 Å². The molecule has 0 aromatic heterocycles. The molecule has 4 saturated heterocycles. The van der Waals surface area contributed by atoms with Gasteiger partial charge >= 0.3 is 34.1 Å². The number of likely N-dealkylation sites (N-methyl/N-ethyl adjacent to an activating group) is 4. The van der Waals surface area contributed by atoms with Crippen molar-refractivity contribution < 1.29 is 34.1 Å². The number of nitrogens with zero attached hydrogens (tertiary/aromatic N) is 8. The van der Waals surface area contributed by atoms with Crippen LogP contribution in [0.3, 0.4) is 0 Å². The van der Waals surface area contributed by atoms with Crippen molar-refractivity contribution in [3.8, 4) is 0 Å². The van der Waals surface area contributed by atoms with Crippen LogP contribution >= 0.6 is 46.4 Å². The van der Waals surface area contributed by atoms with Crippen LogP contribution in [0.1, 0.15) is 12.8 Å². The summed E-state index contributed by atoms with van der Waals surface area (Å²) in [4.78, 5) is 18.9. The molecule has 0 aromatic carbocycles. The Morgan fingerprint density at radius 1 is 0.475 bits per heavy atom. The standard InChI is InChI=1S/C14H28Cl2N4.C12H24Cl2N4.2Mn/c1-17-5-3-6-19-10-8-18(2)7-4-14(15,16)20(12-9-17)13-11-19;1-15-3-7-17-9-5-16(2)6-10-18(8-4-15)12(14)11(17)13;;/h3-13H2,1-2H3;11-12H,3-10H2,1-2H3;;/q;;2*+2. The molecule has 4 aliphatic heterocycles. The van der Waals surface area contributed by atoms with Gasteiger partial charge in [0.2, 0.25) is 0 Å². The van der Waals surface area contributed by atoms with Gasteiger partial charge in [-0.25, -0.2) is 0 Å². The molecule has 234 valence electrons. The van der Waals surface area contributed by atoms with Gasteiger partial charge < -0.3 is 24.5 Å². The molecule has 4 bridgehead atoms. The van der Waals surface area contributed by atoms with Crippen molar-refractivity contribution in [3.05, 3.63) is 0 Å². The molecule has 0 aliphatic carbocycles. The predicted molar refractivity (Wildman–Crippen MR) is 164 cm³/mol. The van der Waals surface area contributed by atoms with E-state index in [1.54, 1.807) is 0 Å². The van der Waals surface area contributed by atoms with Gasteiger partial charge in [0, 0.05) is 105 Å². The number of halogens is 4. The van der Waals surface area contributed by atoms with Gasteiger partial charge in [0.05, 0.1) is 0 Å². The second-order valence-electron chi connectivity index (χ2n) is 11.6. The van der Waals surface area contributed by atoms with Crippen molar-refractivity contribution in [2.24, 2.45) is 0 Å². The van der Waals surface area contributed by atoms with Crippen molar-refractivity contribution in [2.45, 2.75) is 28.3 Å². The second-order valence-corrected chi connectivity index (χ2v) is 14.0. The van der Waals surface area contributed by atoms with E-state index in [-0.39, 0.29) is 45.1 Å². The van der Waals surface area contributed by atoms with Crippen LogP contribution in [0, 0.1) is 0 Å². The Balaban J connectivity index is 0.000000383. The molecule has 14 heteroatoms. The summed E-state index contributed by atoms with van der Waals surface area (Å²) in [6, 6.07) is 0. The van der Waals surface area contributed by atoms with Crippen LogP contribution in [0.25, 0.3) is 0 Å². The Kier molecular flexibility index (Phi) is 20.0. The first-order valence-electron chi connectivity index (χ1n) is 14.4. The molecule has 40 heavy (non-hydrogen) atoms.